The summed E-state index contributed by atoms with van der Waals surface area (Å²) in [5.74, 6) is 0.506. The Labute approximate surface area is 190 Å². The maximum atomic E-state index is 13.7. The Morgan fingerprint density at radius 2 is 1.81 bits per heavy atom. The van der Waals surface area contributed by atoms with Gasteiger partial charge in [0.25, 0.3) is 0 Å². The number of fused-ring (bicyclic) bond motifs is 1. The van der Waals surface area contributed by atoms with Crippen LogP contribution >= 0.6 is 11.3 Å². The second kappa shape index (κ2) is 8.56. The molecule has 0 radical (unpaired) electrons. The average Bonchev–Trinajstić information content (AvgIpc) is 3.23. The Hall–Kier alpha value is -2.90. The van der Waals surface area contributed by atoms with Gasteiger partial charge in [-0.15, -0.1) is 11.3 Å². The molecular formula is C25H24F2N4S. The maximum absolute atomic E-state index is 13.7. The molecule has 7 heteroatoms. The van der Waals surface area contributed by atoms with E-state index < -0.39 is 0 Å². The summed E-state index contributed by atoms with van der Waals surface area (Å²) in [6.07, 6.45) is 1.62. The minimum atomic E-state index is -0.241. The zero-order valence-corrected chi connectivity index (χ0v) is 18.8. The summed E-state index contributed by atoms with van der Waals surface area (Å²) >= 11 is 1.64. The molecule has 0 aliphatic carbocycles. The van der Waals surface area contributed by atoms with Crippen LogP contribution in [0, 0.1) is 11.6 Å². The average molecular weight is 451 g/mol. The van der Waals surface area contributed by atoms with Crippen molar-refractivity contribution in [3.8, 4) is 10.4 Å². The van der Waals surface area contributed by atoms with Crippen LogP contribution in [0.5, 0.6) is 0 Å². The van der Waals surface area contributed by atoms with E-state index in [2.05, 4.69) is 33.6 Å². The van der Waals surface area contributed by atoms with Crippen LogP contribution in [0.1, 0.15) is 25.5 Å². The predicted molar refractivity (Wildman–Crippen MR) is 126 cm³/mol. The van der Waals surface area contributed by atoms with E-state index in [1.54, 1.807) is 41.9 Å². The zero-order valence-electron chi connectivity index (χ0n) is 18.0. The molecule has 1 aliphatic heterocycles. The molecule has 1 aliphatic rings. The van der Waals surface area contributed by atoms with Gasteiger partial charge in [0.05, 0.1) is 10.2 Å². The van der Waals surface area contributed by atoms with Crippen molar-refractivity contribution in [2.45, 2.75) is 25.9 Å². The van der Waals surface area contributed by atoms with E-state index in [9.17, 15) is 8.78 Å². The first-order valence-electron chi connectivity index (χ1n) is 10.8. The predicted octanol–water partition coefficient (Wildman–Crippen LogP) is 5.91. The van der Waals surface area contributed by atoms with Gasteiger partial charge in [-0.25, -0.2) is 18.7 Å². The lowest BCUT2D eigenvalue weighted by Gasteiger charge is -2.43. The standard InChI is InChI=1S/C25H24F2N4S/c1-16-14-30(10-11-31(16)17(2)19-4-3-5-21(27)12-19)25-24-22(28-15-29-25)13-23(32-24)18-6-8-20(26)9-7-18/h3-9,12-13,15-17H,10-11,14H2,1-2H3/t16-,17+/m1/s1. The number of piperazine rings is 1. The van der Waals surface area contributed by atoms with E-state index >= 15 is 0 Å². The van der Waals surface area contributed by atoms with E-state index in [-0.39, 0.29) is 23.7 Å². The molecule has 5 rings (SSSR count). The lowest BCUT2D eigenvalue weighted by molar-refractivity contribution is 0.138. The van der Waals surface area contributed by atoms with E-state index in [1.165, 1.54) is 18.2 Å². The monoisotopic (exact) mass is 450 g/mol. The highest BCUT2D eigenvalue weighted by Crippen LogP contribution is 2.38. The number of thiophene rings is 1. The molecule has 2 atom stereocenters. The molecule has 0 spiro atoms. The minimum Gasteiger partial charge on any atom is -0.352 e. The number of hydrogen-bond acceptors (Lipinski definition) is 5. The van der Waals surface area contributed by atoms with E-state index in [1.807, 2.05) is 12.1 Å². The van der Waals surface area contributed by atoms with Crippen molar-refractivity contribution >= 4 is 27.4 Å². The third kappa shape index (κ3) is 3.98. The van der Waals surface area contributed by atoms with E-state index in [0.717, 1.165) is 51.7 Å². The highest BCUT2D eigenvalue weighted by molar-refractivity contribution is 7.22. The van der Waals surface area contributed by atoms with Gasteiger partial charge < -0.3 is 4.90 Å². The fourth-order valence-corrected chi connectivity index (χ4v) is 5.65. The maximum Gasteiger partial charge on any atom is 0.150 e. The van der Waals surface area contributed by atoms with Crippen LogP contribution < -0.4 is 4.90 Å². The third-order valence-electron chi connectivity index (χ3n) is 6.23. The van der Waals surface area contributed by atoms with Crippen molar-refractivity contribution in [2.75, 3.05) is 24.5 Å². The van der Waals surface area contributed by atoms with Gasteiger partial charge in [-0.1, -0.05) is 24.3 Å². The summed E-state index contributed by atoms with van der Waals surface area (Å²) in [6, 6.07) is 15.9. The number of hydrogen-bond donors (Lipinski definition) is 0. The van der Waals surface area contributed by atoms with Crippen molar-refractivity contribution in [3.05, 3.63) is 78.1 Å². The Balaban J connectivity index is 1.39. The number of halogens is 2. The van der Waals surface area contributed by atoms with Crippen LogP contribution in [0.2, 0.25) is 0 Å². The zero-order chi connectivity index (χ0) is 22.2. The quantitative estimate of drug-likeness (QED) is 0.387. The highest BCUT2D eigenvalue weighted by atomic mass is 32.1. The van der Waals surface area contributed by atoms with Gasteiger partial charge in [0.2, 0.25) is 0 Å². The first kappa shape index (κ1) is 21.0. The SMILES string of the molecule is C[C@@H]1CN(c2ncnc3cc(-c4ccc(F)cc4)sc23)CCN1[C@@H](C)c1cccc(F)c1. The second-order valence-electron chi connectivity index (χ2n) is 8.29. The van der Waals surface area contributed by atoms with Crippen molar-refractivity contribution in [1.29, 1.82) is 0 Å². The summed E-state index contributed by atoms with van der Waals surface area (Å²) in [7, 11) is 0. The topological polar surface area (TPSA) is 32.3 Å². The van der Waals surface area contributed by atoms with Gasteiger partial charge in [0.1, 0.15) is 23.8 Å². The Bertz CT molecular complexity index is 1240. The van der Waals surface area contributed by atoms with Crippen molar-refractivity contribution in [1.82, 2.24) is 14.9 Å². The van der Waals surface area contributed by atoms with Crippen LogP contribution in [0.25, 0.3) is 20.7 Å². The van der Waals surface area contributed by atoms with Crippen LogP contribution in [0.3, 0.4) is 0 Å². The lowest BCUT2D eigenvalue weighted by atomic mass is 10.0. The largest absolute Gasteiger partial charge is 0.352 e. The number of aromatic nitrogens is 2. The van der Waals surface area contributed by atoms with Gasteiger partial charge in [-0.2, -0.15) is 0 Å². The Morgan fingerprint density at radius 3 is 2.56 bits per heavy atom. The highest BCUT2D eigenvalue weighted by Gasteiger charge is 2.30. The molecule has 1 fully saturated rings. The van der Waals surface area contributed by atoms with Gasteiger partial charge in [0, 0.05) is 36.6 Å². The molecule has 0 amide bonds. The van der Waals surface area contributed by atoms with Crippen molar-refractivity contribution < 1.29 is 8.78 Å². The molecular weight excluding hydrogens is 426 g/mol. The summed E-state index contributed by atoms with van der Waals surface area (Å²) in [4.78, 5) is 14.9. The first-order chi connectivity index (χ1) is 15.5. The summed E-state index contributed by atoms with van der Waals surface area (Å²) in [6.45, 7) is 6.87. The summed E-state index contributed by atoms with van der Waals surface area (Å²) in [5.41, 5.74) is 2.88. The Kier molecular flexibility index (Phi) is 5.61. The second-order valence-corrected chi connectivity index (χ2v) is 9.35. The van der Waals surface area contributed by atoms with Crippen molar-refractivity contribution in [2.24, 2.45) is 0 Å². The van der Waals surface area contributed by atoms with Crippen LogP contribution in [0.15, 0.2) is 60.9 Å². The Morgan fingerprint density at radius 1 is 1.00 bits per heavy atom. The first-order valence-corrected chi connectivity index (χ1v) is 11.6. The van der Waals surface area contributed by atoms with Crippen LogP contribution in [-0.2, 0) is 0 Å². The van der Waals surface area contributed by atoms with Gasteiger partial charge >= 0.3 is 0 Å². The van der Waals surface area contributed by atoms with Crippen LogP contribution in [0.4, 0.5) is 14.6 Å². The normalized spacial score (nSPS) is 18.2. The van der Waals surface area contributed by atoms with Crippen molar-refractivity contribution in [3.63, 3.8) is 0 Å². The number of benzene rings is 2. The van der Waals surface area contributed by atoms with Gasteiger partial charge in [-0.05, 0) is 55.3 Å². The van der Waals surface area contributed by atoms with E-state index in [0.29, 0.717) is 0 Å². The molecule has 164 valence electrons. The molecule has 0 saturated carbocycles. The van der Waals surface area contributed by atoms with Gasteiger partial charge in [-0.3, -0.25) is 4.90 Å². The lowest BCUT2D eigenvalue weighted by Crippen LogP contribution is -2.52. The molecule has 2 aromatic carbocycles. The molecule has 2 aromatic heterocycles. The number of anilines is 1. The number of nitrogens with zero attached hydrogens (tertiary/aromatic N) is 4. The smallest absolute Gasteiger partial charge is 0.150 e. The number of rotatable bonds is 4. The molecule has 0 unspecified atom stereocenters. The van der Waals surface area contributed by atoms with Gasteiger partial charge in [0.15, 0.2) is 0 Å². The summed E-state index contributed by atoms with van der Waals surface area (Å²) < 4.78 is 28.1. The molecule has 1 saturated heterocycles. The summed E-state index contributed by atoms with van der Waals surface area (Å²) in [5, 5.41) is 0. The third-order valence-corrected chi connectivity index (χ3v) is 7.40. The fraction of sp³-hybridized carbons (Fsp3) is 0.280. The van der Waals surface area contributed by atoms with E-state index in [4.69, 9.17) is 0 Å². The molecule has 4 nitrogen and oxygen atoms in total. The molecule has 0 N–H and O–H groups in total. The fourth-order valence-electron chi connectivity index (χ4n) is 4.52. The molecule has 32 heavy (non-hydrogen) atoms. The molecule has 0 bridgehead atoms. The van der Waals surface area contributed by atoms with Crippen LogP contribution in [-0.4, -0.2) is 40.5 Å². The molecule has 3 heterocycles. The molecule has 4 aromatic rings. The minimum absolute atomic E-state index is 0.139.